The monoisotopic (exact) mass is 472 g/mol. The lowest BCUT2D eigenvalue weighted by atomic mass is 10.0. The molecule has 5 rings (SSSR count). The van der Waals surface area contributed by atoms with E-state index in [9.17, 15) is 4.79 Å². The van der Waals surface area contributed by atoms with Crippen LogP contribution in [0.2, 0.25) is 0 Å². The number of carbonyl (C=O) groups excluding carboxylic acids is 1. The van der Waals surface area contributed by atoms with Crippen LogP contribution in [-0.2, 0) is 4.79 Å². The minimum absolute atomic E-state index is 0.00328. The zero-order valence-electron chi connectivity index (χ0n) is 18.2. The number of hydrogen-bond donors (Lipinski definition) is 2. The molecule has 0 aliphatic carbocycles. The van der Waals surface area contributed by atoms with Gasteiger partial charge in [-0.15, -0.1) is 11.3 Å². The molecule has 1 saturated heterocycles. The Morgan fingerprint density at radius 1 is 1.09 bits per heavy atom. The molecule has 4 aromatic rings. The number of aromatic nitrogens is 1. The zero-order chi connectivity index (χ0) is 22.8. The number of hydrogen-bond acceptors (Lipinski definition) is 4. The molecule has 2 atom stereocenters. The van der Waals surface area contributed by atoms with Gasteiger partial charge >= 0.3 is 0 Å². The highest BCUT2D eigenvalue weighted by Gasteiger charge is 2.40. The fourth-order valence-electron chi connectivity index (χ4n) is 4.34. The van der Waals surface area contributed by atoms with Gasteiger partial charge in [-0.05, 0) is 54.9 Å². The molecule has 1 aliphatic heterocycles. The molecule has 1 fully saturated rings. The maximum absolute atomic E-state index is 12.9. The van der Waals surface area contributed by atoms with Crippen molar-refractivity contribution in [3.8, 4) is 0 Å². The number of rotatable bonds is 6. The number of nitrogens with one attached hydrogen (secondary N) is 2. The highest BCUT2D eigenvalue weighted by Crippen LogP contribution is 2.41. The van der Waals surface area contributed by atoms with Gasteiger partial charge in [-0.3, -0.25) is 9.78 Å². The van der Waals surface area contributed by atoms with Gasteiger partial charge in [0.1, 0.15) is 0 Å². The average Bonchev–Trinajstić information content (AvgIpc) is 3.41. The summed E-state index contributed by atoms with van der Waals surface area (Å²) >= 11 is 7.46. The largest absolute Gasteiger partial charge is 0.352 e. The second-order valence-electron chi connectivity index (χ2n) is 8.09. The first kappa shape index (κ1) is 21.6. The Kier molecular flexibility index (Phi) is 6.07. The van der Waals surface area contributed by atoms with E-state index in [4.69, 9.17) is 12.2 Å². The molecule has 166 valence electrons. The lowest BCUT2D eigenvalue weighted by Crippen LogP contribution is -2.32. The Bertz CT molecular complexity index is 1300. The Morgan fingerprint density at radius 3 is 2.70 bits per heavy atom. The van der Waals surface area contributed by atoms with Crippen molar-refractivity contribution in [3.63, 3.8) is 0 Å². The molecule has 3 heterocycles. The first-order valence-electron chi connectivity index (χ1n) is 10.9. The number of aryl methyl sites for hydroxylation is 1. The van der Waals surface area contributed by atoms with Crippen molar-refractivity contribution < 1.29 is 4.79 Å². The van der Waals surface area contributed by atoms with Crippen molar-refractivity contribution in [2.45, 2.75) is 25.4 Å². The van der Waals surface area contributed by atoms with Gasteiger partial charge in [0.15, 0.2) is 5.11 Å². The molecule has 0 spiro atoms. The first-order valence-corrected chi connectivity index (χ1v) is 12.1. The van der Waals surface area contributed by atoms with Crippen molar-refractivity contribution >= 4 is 51.0 Å². The lowest BCUT2D eigenvalue weighted by Gasteiger charge is -2.26. The van der Waals surface area contributed by atoms with E-state index >= 15 is 0 Å². The predicted octanol–water partition coefficient (Wildman–Crippen LogP) is 5.61. The molecular weight excluding hydrogens is 448 g/mol. The van der Waals surface area contributed by atoms with Crippen LogP contribution in [0, 0.1) is 6.92 Å². The highest BCUT2D eigenvalue weighted by atomic mass is 32.1. The normalized spacial score (nSPS) is 17.8. The molecule has 1 amide bonds. The van der Waals surface area contributed by atoms with Gasteiger partial charge in [0.2, 0.25) is 5.91 Å². The highest BCUT2D eigenvalue weighted by molar-refractivity contribution is 7.80. The minimum Gasteiger partial charge on any atom is -0.352 e. The second-order valence-corrected chi connectivity index (χ2v) is 9.80. The second kappa shape index (κ2) is 9.29. The van der Waals surface area contributed by atoms with E-state index < -0.39 is 0 Å². The summed E-state index contributed by atoms with van der Waals surface area (Å²) in [5.41, 5.74) is 1.77. The predicted molar refractivity (Wildman–Crippen MR) is 138 cm³/mol. The zero-order valence-corrected chi connectivity index (χ0v) is 19.8. The Labute approximate surface area is 202 Å². The van der Waals surface area contributed by atoms with Crippen molar-refractivity contribution in [2.24, 2.45) is 0 Å². The fourth-order valence-corrected chi connectivity index (χ4v) is 5.70. The fraction of sp³-hybridized carbons (Fsp3) is 0.192. The van der Waals surface area contributed by atoms with Crippen LogP contribution < -0.4 is 10.6 Å². The number of amides is 1. The third-order valence-electron chi connectivity index (χ3n) is 5.89. The Morgan fingerprint density at radius 2 is 1.91 bits per heavy atom. The van der Waals surface area contributed by atoms with E-state index in [1.807, 2.05) is 60.7 Å². The minimum atomic E-state index is -0.0575. The molecular formula is C26H24N4OS2. The molecule has 0 radical (unpaired) electrons. The van der Waals surface area contributed by atoms with Crippen LogP contribution in [0.5, 0.6) is 0 Å². The van der Waals surface area contributed by atoms with Crippen LogP contribution in [-0.4, -0.2) is 27.4 Å². The number of thiocarbonyl (C=S) groups is 1. The number of pyridine rings is 1. The Balaban J connectivity index is 1.35. The summed E-state index contributed by atoms with van der Waals surface area (Å²) in [4.78, 5) is 22.1. The van der Waals surface area contributed by atoms with Crippen molar-refractivity contribution in [1.82, 2.24) is 15.2 Å². The summed E-state index contributed by atoms with van der Waals surface area (Å²) in [6.45, 7) is 2.62. The molecule has 33 heavy (non-hydrogen) atoms. The van der Waals surface area contributed by atoms with Crippen molar-refractivity contribution in [2.75, 3.05) is 11.9 Å². The van der Waals surface area contributed by atoms with E-state index in [1.165, 1.54) is 9.75 Å². The lowest BCUT2D eigenvalue weighted by molar-refractivity contribution is -0.116. The standard InChI is InChI=1S/C26H24N4OS2/c1-17-12-13-22(33-17)25-24(21-10-4-5-15-27-21)29-26(32)30(25)16-14-23(31)28-20-11-6-8-18-7-2-3-9-19(18)20/h2-13,15,24-25H,14,16H2,1H3,(H,28,31)(H,29,32)/t24-,25-/m0/s1. The number of fused-ring (bicyclic) bond motifs is 1. The van der Waals surface area contributed by atoms with E-state index in [1.54, 1.807) is 17.5 Å². The number of carbonyl (C=O) groups is 1. The molecule has 2 aromatic carbocycles. The molecule has 2 aromatic heterocycles. The molecule has 7 heteroatoms. The summed E-state index contributed by atoms with van der Waals surface area (Å²) in [5, 5.41) is 9.32. The van der Waals surface area contributed by atoms with Crippen LogP contribution in [0.4, 0.5) is 5.69 Å². The molecule has 0 unspecified atom stereocenters. The van der Waals surface area contributed by atoms with E-state index in [2.05, 4.69) is 39.6 Å². The number of thiophene rings is 1. The summed E-state index contributed by atoms with van der Waals surface area (Å²) in [7, 11) is 0. The number of nitrogens with zero attached hydrogens (tertiary/aromatic N) is 2. The topological polar surface area (TPSA) is 57.3 Å². The number of benzene rings is 2. The van der Waals surface area contributed by atoms with Crippen LogP contribution in [0.15, 0.2) is 79.0 Å². The molecule has 0 saturated carbocycles. The van der Waals surface area contributed by atoms with Gasteiger partial charge in [-0.25, -0.2) is 0 Å². The van der Waals surface area contributed by atoms with Crippen LogP contribution in [0.3, 0.4) is 0 Å². The SMILES string of the molecule is Cc1ccc([C@H]2[C@H](c3ccccn3)NC(=S)N2CCC(=O)Nc2cccc3ccccc23)s1. The molecule has 5 nitrogen and oxygen atoms in total. The van der Waals surface area contributed by atoms with Crippen molar-refractivity contribution in [1.29, 1.82) is 0 Å². The van der Waals surface area contributed by atoms with Gasteiger partial charge in [-0.2, -0.15) is 0 Å². The summed E-state index contributed by atoms with van der Waals surface area (Å²) in [5.74, 6) is -0.0310. The third-order valence-corrected chi connectivity index (χ3v) is 7.32. The van der Waals surface area contributed by atoms with E-state index in [0.29, 0.717) is 18.1 Å². The first-order chi connectivity index (χ1) is 16.1. The number of anilines is 1. The maximum Gasteiger partial charge on any atom is 0.226 e. The third kappa shape index (κ3) is 4.47. The van der Waals surface area contributed by atoms with Gasteiger partial charge in [0, 0.05) is 40.0 Å². The summed E-state index contributed by atoms with van der Waals surface area (Å²) < 4.78 is 0. The van der Waals surface area contributed by atoms with Crippen molar-refractivity contribution in [3.05, 3.63) is 94.4 Å². The van der Waals surface area contributed by atoms with Crippen LogP contribution in [0.25, 0.3) is 10.8 Å². The van der Waals surface area contributed by atoms with E-state index in [-0.39, 0.29) is 18.0 Å². The molecule has 2 N–H and O–H groups in total. The molecule has 1 aliphatic rings. The maximum atomic E-state index is 12.9. The van der Waals surface area contributed by atoms with E-state index in [0.717, 1.165) is 22.2 Å². The Hall–Kier alpha value is -3.29. The quantitative estimate of drug-likeness (QED) is 0.358. The van der Waals surface area contributed by atoms with Gasteiger partial charge < -0.3 is 15.5 Å². The van der Waals surface area contributed by atoms with Gasteiger partial charge in [0.05, 0.1) is 17.8 Å². The van der Waals surface area contributed by atoms with Gasteiger partial charge in [0.25, 0.3) is 0 Å². The smallest absolute Gasteiger partial charge is 0.226 e. The summed E-state index contributed by atoms with van der Waals surface area (Å²) in [6, 6.07) is 24.1. The van der Waals surface area contributed by atoms with Gasteiger partial charge in [-0.1, -0.05) is 42.5 Å². The summed E-state index contributed by atoms with van der Waals surface area (Å²) in [6.07, 6.45) is 2.14. The molecule has 0 bridgehead atoms. The van der Waals surface area contributed by atoms with Crippen LogP contribution in [0.1, 0.15) is 34.0 Å². The van der Waals surface area contributed by atoms with Crippen LogP contribution >= 0.6 is 23.6 Å². The average molecular weight is 473 g/mol.